The van der Waals surface area contributed by atoms with Crippen molar-refractivity contribution in [3.8, 4) is 5.82 Å². The van der Waals surface area contributed by atoms with Crippen molar-refractivity contribution in [3.05, 3.63) is 68.5 Å². The Kier molecular flexibility index (Phi) is 4.15. The highest BCUT2D eigenvalue weighted by molar-refractivity contribution is 6.33. The van der Waals surface area contributed by atoms with Gasteiger partial charge >= 0.3 is 0 Å². The predicted molar refractivity (Wildman–Crippen MR) is 98.6 cm³/mol. The van der Waals surface area contributed by atoms with E-state index in [1.165, 1.54) is 4.68 Å². The minimum Gasteiger partial charge on any atom is -0.471 e. The molecule has 0 fully saturated rings. The smallest absolute Gasteiger partial charge is 0.241 e. The fourth-order valence-corrected chi connectivity index (χ4v) is 3.37. The molecule has 0 saturated heterocycles. The summed E-state index contributed by atoms with van der Waals surface area (Å²) >= 11 is 18.7. The Bertz CT molecular complexity index is 1010. The van der Waals surface area contributed by atoms with E-state index in [1.807, 2.05) is 19.1 Å². The number of rotatable bonds is 2. The number of ether oxygens (including phenoxy) is 1. The summed E-state index contributed by atoms with van der Waals surface area (Å²) in [6, 6.07) is 8.98. The molecule has 1 aliphatic heterocycles. The molecule has 25 heavy (non-hydrogen) atoms. The van der Waals surface area contributed by atoms with E-state index in [4.69, 9.17) is 39.5 Å². The van der Waals surface area contributed by atoms with Crippen LogP contribution in [-0.2, 0) is 11.3 Å². The van der Waals surface area contributed by atoms with Crippen LogP contribution in [-0.4, -0.2) is 20.7 Å². The van der Waals surface area contributed by atoms with E-state index in [0.29, 0.717) is 39.7 Å². The summed E-state index contributed by atoms with van der Waals surface area (Å²) in [6.45, 7) is 2.33. The van der Waals surface area contributed by atoms with Crippen LogP contribution < -0.4 is 0 Å². The summed E-state index contributed by atoms with van der Waals surface area (Å²) in [7, 11) is 0. The number of aromatic nitrogens is 3. The first-order valence-corrected chi connectivity index (χ1v) is 8.53. The molecule has 8 heteroatoms. The first-order valence-electron chi connectivity index (χ1n) is 7.40. The third-order valence-corrected chi connectivity index (χ3v) is 4.47. The van der Waals surface area contributed by atoms with E-state index < -0.39 is 0 Å². The van der Waals surface area contributed by atoms with Gasteiger partial charge in [0.25, 0.3) is 0 Å². The third kappa shape index (κ3) is 2.99. The van der Waals surface area contributed by atoms with Gasteiger partial charge in [-0.25, -0.2) is 14.7 Å². The maximum atomic E-state index is 6.34. The van der Waals surface area contributed by atoms with E-state index in [0.717, 1.165) is 11.1 Å². The molecule has 0 amide bonds. The Morgan fingerprint density at radius 3 is 2.76 bits per heavy atom. The first-order chi connectivity index (χ1) is 12.0. The molecule has 0 atom stereocenters. The lowest BCUT2D eigenvalue weighted by atomic mass is 10.1. The topological polar surface area (TPSA) is 52.3 Å². The van der Waals surface area contributed by atoms with Crippen LogP contribution in [0.4, 0.5) is 5.69 Å². The van der Waals surface area contributed by atoms with Crippen LogP contribution in [0.1, 0.15) is 16.8 Å². The Morgan fingerprint density at radius 1 is 1.12 bits per heavy atom. The Labute approximate surface area is 158 Å². The molecular weight excluding hydrogens is 383 g/mol. The number of nitrogens with zero attached hydrogens (tertiary/aromatic N) is 4. The normalized spacial score (nSPS) is 13.2. The molecule has 0 aliphatic carbocycles. The summed E-state index contributed by atoms with van der Waals surface area (Å²) in [5.41, 5.74) is 3.22. The SMILES string of the molecule is Cc1cc(Cl)c2c(c1)COC(c1cc(Cl)nn1-c1ncccc1Cl)=N2. The molecule has 3 heterocycles. The average molecular weight is 394 g/mol. The van der Waals surface area contributed by atoms with Crippen molar-refractivity contribution in [2.75, 3.05) is 0 Å². The van der Waals surface area contributed by atoms with Crippen LogP contribution in [0.2, 0.25) is 15.2 Å². The number of hydrogen-bond acceptors (Lipinski definition) is 4. The number of aryl methyl sites for hydroxylation is 1. The van der Waals surface area contributed by atoms with E-state index in [-0.39, 0.29) is 5.15 Å². The zero-order valence-corrected chi connectivity index (χ0v) is 15.3. The minimum absolute atomic E-state index is 0.281. The highest BCUT2D eigenvalue weighted by Crippen LogP contribution is 2.35. The molecule has 0 N–H and O–H groups in total. The zero-order chi connectivity index (χ0) is 17.6. The fourth-order valence-electron chi connectivity index (χ4n) is 2.65. The molecule has 3 aromatic rings. The van der Waals surface area contributed by atoms with Gasteiger partial charge in [0, 0.05) is 17.8 Å². The lowest BCUT2D eigenvalue weighted by Gasteiger charge is -2.19. The standard InChI is InChI=1S/C17H11Cl3N4O/c1-9-5-10-8-25-17(22-15(10)12(19)6-9)13-7-14(20)23-24(13)16-11(18)3-2-4-21-16/h2-7H,8H2,1H3. The van der Waals surface area contributed by atoms with Crippen molar-refractivity contribution in [2.24, 2.45) is 4.99 Å². The van der Waals surface area contributed by atoms with Gasteiger partial charge in [0.2, 0.25) is 5.90 Å². The molecular formula is C17H11Cl3N4O. The summed E-state index contributed by atoms with van der Waals surface area (Å²) in [5, 5.41) is 5.54. The van der Waals surface area contributed by atoms with Gasteiger partial charge in [0.05, 0.1) is 15.7 Å². The van der Waals surface area contributed by atoms with Crippen molar-refractivity contribution < 1.29 is 4.74 Å². The summed E-state index contributed by atoms with van der Waals surface area (Å²) in [6.07, 6.45) is 1.62. The van der Waals surface area contributed by atoms with Crippen molar-refractivity contribution in [3.63, 3.8) is 0 Å². The number of aliphatic imine (C=N–C) groups is 1. The van der Waals surface area contributed by atoms with E-state index >= 15 is 0 Å². The average Bonchev–Trinajstić information content (AvgIpc) is 2.96. The Balaban J connectivity index is 1.87. The second-order valence-corrected chi connectivity index (χ2v) is 6.73. The second-order valence-electron chi connectivity index (χ2n) is 5.53. The first kappa shape index (κ1) is 16.4. The van der Waals surface area contributed by atoms with E-state index in [9.17, 15) is 0 Å². The number of benzene rings is 1. The molecule has 0 radical (unpaired) electrons. The number of fused-ring (bicyclic) bond motifs is 1. The molecule has 0 bridgehead atoms. The minimum atomic E-state index is 0.281. The van der Waals surface area contributed by atoms with Gasteiger partial charge < -0.3 is 4.74 Å². The molecule has 5 nitrogen and oxygen atoms in total. The zero-order valence-electron chi connectivity index (χ0n) is 13.0. The maximum absolute atomic E-state index is 6.34. The number of hydrogen-bond donors (Lipinski definition) is 0. The van der Waals surface area contributed by atoms with Crippen molar-refractivity contribution >= 4 is 46.4 Å². The molecule has 0 spiro atoms. The largest absolute Gasteiger partial charge is 0.471 e. The molecule has 0 unspecified atom stereocenters. The van der Waals surface area contributed by atoms with Gasteiger partial charge in [-0.3, -0.25) is 0 Å². The highest BCUT2D eigenvalue weighted by Gasteiger charge is 2.23. The van der Waals surface area contributed by atoms with Crippen LogP contribution in [0.25, 0.3) is 5.82 Å². The van der Waals surface area contributed by atoms with E-state index in [2.05, 4.69) is 15.1 Å². The lowest BCUT2D eigenvalue weighted by Crippen LogP contribution is -2.17. The van der Waals surface area contributed by atoms with Crippen LogP contribution >= 0.6 is 34.8 Å². The highest BCUT2D eigenvalue weighted by atomic mass is 35.5. The van der Waals surface area contributed by atoms with E-state index in [1.54, 1.807) is 24.4 Å². The van der Waals surface area contributed by atoms with Gasteiger partial charge in [-0.1, -0.05) is 40.9 Å². The van der Waals surface area contributed by atoms with Crippen LogP contribution in [0.3, 0.4) is 0 Å². The Morgan fingerprint density at radius 2 is 1.96 bits per heavy atom. The number of pyridine rings is 1. The van der Waals surface area contributed by atoms with Crippen molar-refractivity contribution in [1.82, 2.24) is 14.8 Å². The van der Waals surface area contributed by atoms with Gasteiger partial charge in [0.15, 0.2) is 11.0 Å². The van der Waals surface area contributed by atoms with Gasteiger partial charge in [-0.15, -0.1) is 0 Å². The molecule has 126 valence electrons. The summed E-state index contributed by atoms with van der Waals surface area (Å²) < 4.78 is 7.33. The predicted octanol–water partition coefficient (Wildman–Crippen LogP) is 5.14. The summed E-state index contributed by atoms with van der Waals surface area (Å²) in [4.78, 5) is 8.82. The molecule has 2 aromatic heterocycles. The van der Waals surface area contributed by atoms with Crippen LogP contribution in [0.15, 0.2) is 41.5 Å². The summed E-state index contributed by atoms with van der Waals surface area (Å²) in [5.74, 6) is 0.803. The fraction of sp³-hybridized carbons (Fsp3) is 0.118. The second kappa shape index (κ2) is 6.33. The van der Waals surface area contributed by atoms with Gasteiger partial charge in [-0.05, 0) is 30.7 Å². The maximum Gasteiger partial charge on any atom is 0.241 e. The third-order valence-electron chi connectivity index (χ3n) is 3.70. The molecule has 0 saturated carbocycles. The van der Waals surface area contributed by atoms with Crippen LogP contribution in [0, 0.1) is 6.92 Å². The molecule has 4 rings (SSSR count). The van der Waals surface area contributed by atoms with Crippen LogP contribution in [0.5, 0.6) is 0 Å². The lowest BCUT2D eigenvalue weighted by molar-refractivity contribution is 0.286. The quantitative estimate of drug-likeness (QED) is 0.605. The van der Waals surface area contributed by atoms with Gasteiger partial charge in [0.1, 0.15) is 12.3 Å². The monoisotopic (exact) mass is 392 g/mol. The van der Waals surface area contributed by atoms with Crippen molar-refractivity contribution in [2.45, 2.75) is 13.5 Å². The molecule has 1 aromatic carbocycles. The number of halogens is 3. The van der Waals surface area contributed by atoms with Crippen molar-refractivity contribution in [1.29, 1.82) is 0 Å². The Hall–Kier alpha value is -2.08. The van der Waals surface area contributed by atoms with Gasteiger partial charge in [-0.2, -0.15) is 5.10 Å². The molecule has 1 aliphatic rings.